The van der Waals surface area contributed by atoms with E-state index >= 15 is 0 Å². The lowest BCUT2D eigenvalue weighted by Crippen LogP contribution is -2.25. The highest BCUT2D eigenvalue weighted by Gasteiger charge is 2.05. The predicted molar refractivity (Wildman–Crippen MR) is 88.1 cm³/mol. The van der Waals surface area contributed by atoms with E-state index in [9.17, 15) is 4.79 Å². The molecule has 0 unspecified atom stereocenters. The maximum absolute atomic E-state index is 11.8. The zero-order valence-electron chi connectivity index (χ0n) is 12.5. The van der Waals surface area contributed by atoms with Gasteiger partial charge in [0.2, 0.25) is 5.91 Å². The number of nitrogens with one attached hydrogen (secondary N) is 1. The third-order valence-electron chi connectivity index (χ3n) is 3.46. The molecule has 0 spiro atoms. The van der Waals surface area contributed by atoms with Crippen LogP contribution in [0.5, 0.6) is 0 Å². The van der Waals surface area contributed by atoms with Gasteiger partial charge in [0.1, 0.15) is 0 Å². The maximum atomic E-state index is 11.8. The van der Waals surface area contributed by atoms with Crippen LogP contribution in [0.15, 0.2) is 60.7 Å². The van der Waals surface area contributed by atoms with Gasteiger partial charge in [-0.15, -0.1) is 0 Å². The van der Waals surface area contributed by atoms with Crippen LogP contribution in [0.3, 0.4) is 0 Å². The molecule has 108 valence electrons. The van der Waals surface area contributed by atoms with Crippen molar-refractivity contribution in [3.05, 3.63) is 77.4 Å². The molecule has 0 aliphatic carbocycles. The predicted octanol–water partition coefficient (Wildman–Crippen LogP) is 3.93. The maximum Gasteiger partial charge on any atom is 0.244 e. The topological polar surface area (TPSA) is 29.1 Å². The Morgan fingerprint density at radius 2 is 1.76 bits per heavy atom. The zero-order chi connectivity index (χ0) is 15.1. The third kappa shape index (κ3) is 4.92. The van der Waals surface area contributed by atoms with Gasteiger partial charge < -0.3 is 5.32 Å². The van der Waals surface area contributed by atoms with E-state index in [0.29, 0.717) is 12.5 Å². The fraction of sp³-hybridized carbons (Fsp3) is 0.211. The summed E-state index contributed by atoms with van der Waals surface area (Å²) in [7, 11) is 0. The molecule has 1 N–H and O–H groups in total. The Kier molecular flexibility index (Phi) is 5.33. The summed E-state index contributed by atoms with van der Waals surface area (Å²) in [5.74, 6) is 0.251. The number of carbonyl (C=O) groups excluding carboxylic acids is 1. The molecule has 21 heavy (non-hydrogen) atoms. The molecule has 1 atom stereocenters. The van der Waals surface area contributed by atoms with Crippen molar-refractivity contribution in [2.75, 3.05) is 6.54 Å². The van der Waals surface area contributed by atoms with Crippen LogP contribution in [-0.2, 0) is 4.79 Å². The van der Waals surface area contributed by atoms with Crippen LogP contribution < -0.4 is 5.32 Å². The lowest BCUT2D eigenvalue weighted by molar-refractivity contribution is -0.116. The molecule has 2 aromatic rings. The molecule has 2 nitrogen and oxygen atoms in total. The molecule has 2 aromatic carbocycles. The molecule has 0 aliphatic rings. The highest BCUT2D eigenvalue weighted by Crippen LogP contribution is 2.13. The molecule has 2 rings (SSSR count). The number of aryl methyl sites for hydroxylation is 1. The van der Waals surface area contributed by atoms with Crippen LogP contribution in [0, 0.1) is 6.92 Å². The molecule has 0 radical (unpaired) electrons. The first-order valence-corrected chi connectivity index (χ1v) is 7.22. The first kappa shape index (κ1) is 15.0. The van der Waals surface area contributed by atoms with Crippen LogP contribution in [-0.4, -0.2) is 12.5 Å². The summed E-state index contributed by atoms with van der Waals surface area (Å²) in [6.45, 7) is 4.80. The Morgan fingerprint density at radius 3 is 2.43 bits per heavy atom. The van der Waals surface area contributed by atoms with E-state index in [4.69, 9.17) is 0 Å². The Labute approximate surface area is 126 Å². The Balaban J connectivity index is 1.83. The van der Waals surface area contributed by atoms with E-state index < -0.39 is 0 Å². The van der Waals surface area contributed by atoms with Crippen molar-refractivity contribution in [2.45, 2.75) is 19.8 Å². The van der Waals surface area contributed by atoms with Crippen molar-refractivity contribution in [1.82, 2.24) is 5.32 Å². The number of carbonyl (C=O) groups is 1. The molecule has 0 saturated carbocycles. The van der Waals surface area contributed by atoms with Gasteiger partial charge >= 0.3 is 0 Å². The van der Waals surface area contributed by atoms with Crippen molar-refractivity contribution in [3.8, 4) is 0 Å². The second kappa shape index (κ2) is 7.44. The lowest BCUT2D eigenvalue weighted by atomic mass is 10.0. The molecule has 2 heteroatoms. The highest BCUT2D eigenvalue weighted by atomic mass is 16.1. The molecule has 0 aliphatic heterocycles. The van der Waals surface area contributed by atoms with E-state index in [1.165, 1.54) is 11.1 Å². The SMILES string of the molecule is Cc1ccc(/C=C/C(=O)NC[C@@H](C)c2ccccc2)cc1. The minimum absolute atomic E-state index is 0.0571. The standard InChI is InChI=1S/C19H21NO/c1-15-8-10-17(11-9-15)12-13-19(21)20-14-16(2)18-6-4-3-5-7-18/h3-13,16H,14H2,1-2H3,(H,20,21)/b13-12+/t16-/m1/s1. The van der Waals surface area contributed by atoms with Crippen molar-refractivity contribution in [1.29, 1.82) is 0 Å². The van der Waals surface area contributed by atoms with Crippen molar-refractivity contribution in [3.63, 3.8) is 0 Å². The largest absolute Gasteiger partial charge is 0.352 e. The van der Waals surface area contributed by atoms with Crippen LogP contribution >= 0.6 is 0 Å². The molecular weight excluding hydrogens is 258 g/mol. The quantitative estimate of drug-likeness (QED) is 0.826. The Hall–Kier alpha value is -2.35. The molecule has 0 heterocycles. The molecular formula is C19H21NO. The van der Waals surface area contributed by atoms with Gasteiger partial charge in [0.25, 0.3) is 0 Å². The van der Waals surface area contributed by atoms with Crippen LogP contribution in [0.4, 0.5) is 0 Å². The fourth-order valence-corrected chi connectivity index (χ4v) is 2.06. The number of hydrogen-bond donors (Lipinski definition) is 1. The van der Waals surface area contributed by atoms with E-state index in [0.717, 1.165) is 5.56 Å². The summed E-state index contributed by atoms with van der Waals surface area (Å²) in [4.78, 5) is 11.8. The Bertz CT molecular complexity index is 599. The van der Waals surface area contributed by atoms with E-state index in [1.807, 2.05) is 55.5 Å². The summed E-state index contributed by atoms with van der Waals surface area (Å²) in [5.41, 5.74) is 3.49. The van der Waals surface area contributed by atoms with E-state index in [1.54, 1.807) is 6.08 Å². The van der Waals surface area contributed by atoms with Gasteiger partial charge in [-0.05, 0) is 30.0 Å². The van der Waals surface area contributed by atoms with Gasteiger partial charge in [-0.2, -0.15) is 0 Å². The number of hydrogen-bond acceptors (Lipinski definition) is 1. The summed E-state index contributed by atoms with van der Waals surface area (Å²) in [6, 6.07) is 18.3. The minimum atomic E-state index is -0.0571. The van der Waals surface area contributed by atoms with Crippen LogP contribution in [0.1, 0.15) is 29.5 Å². The number of amides is 1. The fourth-order valence-electron chi connectivity index (χ4n) is 2.06. The molecule has 0 bridgehead atoms. The second-order valence-corrected chi connectivity index (χ2v) is 5.30. The van der Waals surface area contributed by atoms with Crippen molar-refractivity contribution in [2.24, 2.45) is 0 Å². The molecule has 0 fully saturated rings. The van der Waals surface area contributed by atoms with Gasteiger partial charge in [-0.1, -0.05) is 67.1 Å². The smallest absolute Gasteiger partial charge is 0.244 e. The minimum Gasteiger partial charge on any atom is -0.352 e. The average Bonchev–Trinajstić information content (AvgIpc) is 2.53. The van der Waals surface area contributed by atoms with Crippen molar-refractivity contribution < 1.29 is 4.79 Å². The van der Waals surface area contributed by atoms with E-state index in [-0.39, 0.29) is 5.91 Å². The third-order valence-corrected chi connectivity index (χ3v) is 3.46. The van der Waals surface area contributed by atoms with Crippen molar-refractivity contribution >= 4 is 12.0 Å². The normalized spacial score (nSPS) is 12.3. The summed E-state index contributed by atoms with van der Waals surface area (Å²) >= 11 is 0. The molecule has 0 saturated heterocycles. The summed E-state index contributed by atoms with van der Waals surface area (Å²) < 4.78 is 0. The average molecular weight is 279 g/mol. The van der Waals surface area contributed by atoms with Crippen LogP contribution in [0.25, 0.3) is 6.08 Å². The van der Waals surface area contributed by atoms with Crippen LogP contribution in [0.2, 0.25) is 0 Å². The van der Waals surface area contributed by atoms with Gasteiger partial charge in [-0.25, -0.2) is 0 Å². The zero-order valence-corrected chi connectivity index (χ0v) is 12.5. The summed E-state index contributed by atoms with van der Waals surface area (Å²) in [5, 5.41) is 2.94. The van der Waals surface area contributed by atoms with E-state index in [2.05, 4.69) is 24.4 Å². The second-order valence-electron chi connectivity index (χ2n) is 5.30. The van der Waals surface area contributed by atoms with Gasteiger partial charge in [0.05, 0.1) is 0 Å². The summed E-state index contributed by atoms with van der Waals surface area (Å²) in [6.07, 6.45) is 3.42. The van der Waals surface area contributed by atoms with Gasteiger partial charge in [0.15, 0.2) is 0 Å². The lowest BCUT2D eigenvalue weighted by Gasteiger charge is -2.11. The molecule has 0 aromatic heterocycles. The van der Waals surface area contributed by atoms with Gasteiger partial charge in [0, 0.05) is 12.6 Å². The number of rotatable bonds is 5. The first-order chi connectivity index (χ1) is 10.1. The monoisotopic (exact) mass is 279 g/mol. The Morgan fingerprint density at radius 1 is 1.10 bits per heavy atom. The highest BCUT2D eigenvalue weighted by molar-refractivity contribution is 5.91. The molecule has 1 amide bonds. The number of benzene rings is 2. The van der Waals surface area contributed by atoms with Gasteiger partial charge in [-0.3, -0.25) is 4.79 Å². The first-order valence-electron chi connectivity index (χ1n) is 7.22.